The smallest absolute Gasteiger partial charge is 0.290 e. The van der Waals surface area contributed by atoms with E-state index in [9.17, 15) is 18.4 Å². The first-order chi connectivity index (χ1) is 12.5. The molecule has 0 atom stereocenters. The zero-order valence-electron chi connectivity index (χ0n) is 13.8. The lowest BCUT2D eigenvalue weighted by atomic mass is 10.2. The van der Waals surface area contributed by atoms with Crippen LogP contribution < -0.4 is 10.2 Å². The molecule has 5 nitrogen and oxygen atoms in total. The summed E-state index contributed by atoms with van der Waals surface area (Å²) in [7, 11) is 0. The average Bonchev–Trinajstić information content (AvgIpc) is 3.06. The van der Waals surface area contributed by atoms with Gasteiger partial charge in [0, 0.05) is 31.4 Å². The quantitative estimate of drug-likeness (QED) is 0.784. The van der Waals surface area contributed by atoms with Gasteiger partial charge in [-0.1, -0.05) is 12.1 Å². The Kier molecular flexibility index (Phi) is 5.82. The van der Waals surface area contributed by atoms with Crippen LogP contribution in [0.2, 0.25) is 0 Å². The first-order valence-corrected chi connectivity index (χ1v) is 9.00. The van der Waals surface area contributed by atoms with E-state index >= 15 is 0 Å². The van der Waals surface area contributed by atoms with E-state index in [0.29, 0.717) is 6.42 Å². The molecule has 0 spiro atoms. The van der Waals surface area contributed by atoms with Crippen LogP contribution >= 0.6 is 11.8 Å². The number of nitrogens with zero attached hydrogens (tertiary/aromatic N) is 2. The number of aromatic nitrogens is 1. The summed E-state index contributed by atoms with van der Waals surface area (Å²) >= 11 is 0.249. The van der Waals surface area contributed by atoms with Gasteiger partial charge in [0.2, 0.25) is 5.91 Å². The molecular weight excluding hydrogens is 360 g/mol. The van der Waals surface area contributed by atoms with Gasteiger partial charge < -0.3 is 10.2 Å². The number of anilines is 1. The fourth-order valence-corrected chi connectivity index (χ4v) is 3.31. The molecule has 8 heteroatoms. The highest BCUT2D eigenvalue weighted by atomic mass is 32.2. The van der Waals surface area contributed by atoms with Crippen LogP contribution in [0.15, 0.2) is 47.6 Å². The number of alkyl halides is 2. The van der Waals surface area contributed by atoms with Crippen LogP contribution in [0.25, 0.3) is 0 Å². The van der Waals surface area contributed by atoms with Gasteiger partial charge in [-0.25, -0.2) is 4.98 Å². The Hall–Kier alpha value is -2.48. The Morgan fingerprint density at radius 2 is 2.04 bits per heavy atom. The third kappa shape index (κ3) is 4.37. The van der Waals surface area contributed by atoms with Gasteiger partial charge in [-0.2, -0.15) is 8.78 Å². The van der Waals surface area contributed by atoms with Crippen LogP contribution in [0.1, 0.15) is 28.8 Å². The van der Waals surface area contributed by atoms with Gasteiger partial charge >= 0.3 is 0 Å². The average molecular weight is 377 g/mol. The molecule has 136 valence electrons. The number of pyridine rings is 1. The molecule has 1 fully saturated rings. The van der Waals surface area contributed by atoms with Crippen LogP contribution in [0, 0.1) is 0 Å². The van der Waals surface area contributed by atoms with Gasteiger partial charge in [0.25, 0.3) is 11.7 Å². The number of nitrogens with one attached hydrogen (secondary N) is 1. The summed E-state index contributed by atoms with van der Waals surface area (Å²) in [6.45, 7) is 0.973. The summed E-state index contributed by atoms with van der Waals surface area (Å²) in [6.07, 6.45) is 2.81. The molecule has 1 aromatic heterocycles. The summed E-state index contributed by atoms with van der Waals surface area (Å²) in [5.41, 5.74) is 1.81. The summed E-state index contributed by atoms with van der Waals surface area (Å²) in [5.74, 6) is -2.98. The molecule has 0 aliphatic carbocycles. The highest BCUT2D eigenvalue weighted by Gasteiger charge is 2.21. The lowest BCUT2D eigenvalue weighted by Crippen LogP contribution is -2.24. The van der Waals surface area contributed by atoms with E-state index in [2.05, 4.69) is 10.3 Å². The first-order valence-electron chi connectivity index (χ1n) is 8.12. The van der Waals surface area contributed by atoms with Crippen molar-refractivity contribution in [1.82, 2.24) is 10.3 Å². The van der Waals surface area contributed by atoms with Crippen molar-refractivity contribution in [2.24, 2.45) is 0 Å². The molecule has 26 heavy (non-hydrogen) atoms. The van der Waals surface area contributed by atoms with Crippen LogP contribution in [-0.4, -0.2) is 29.1 Å². The Morgan fingerprint density at radius 3 is 2.69 bits per heavy atom. The number of halogens is 2. The number of carbonyl (C=O) groups is 2. The zero-order chi connectivity index (χ0) is 18.5. The molecule has 1 aromatic carbocycles. The van der Waals surface area contributed by atoms with Gasteiger partial charge in [0.15, 0.2) is 0 Å². The van der Waals surface area contributed by atoms with E-state index in [4.69, 9.17) is 0 Å². The molecular formula is C18H17F2N3O2S. The Balaban J connectivity index is 1.62. The SMILES string of the molecule is O=C(NCc1ccc(N2CCCC2=O)cc1)c1cccnc1SC(F)F. The number of thioether (sulfide) groups is 1. The highest BCUT2D eigenvalue weighted by molar-refractivity contribution is 7.99. The van der Waals surface area contributed by atoms with Crippen molar-refractivity contribution in [3.63, 3.8) is 0 Å². The maximum absolute atomic E-state index is 12.6. The maximum atomic E-state index is 12.6. The van der Waals surface area contributed by atoms with Gasteiger partial charge in [-0.05, 0) is 48.0 Å². The van der Waals surface area contributed by atoms with Crippen molar-refractivity contribution < 1.29 is 18.4 Å². The number of benzene rings is 1. The van der Waals surface area contributed by atoms with Crippen molar-refractivity contribution in [2.45, 2.75) is 30.2 Å². The molecule has 0 bridgehead atoms. The second kappa shape index (κ2) is 8.27. The number of rotatable bonds is 6. The fraction of sp³-hybridized carbons (Fsp3) is 0.278. The summed E-state index contributed by atoms with van der Waals surface area (Å²) in [6, 6.07) is 10.3. The van der Waals surface area contributed by atoms with Crippen LogP contribution in [0.3, 0.4) is 0 Å². The third-order valence-electron chi connectivity index (χ3n) is 3.99. The highest BCUT2D eigenvalue weighted by Crippen LogP contribution is 2.26. The van der Waals surface area contributed by atoms with E-state index in [1.165, 1.54) is 18.3 Å². The Morgan fingerprint density at radius 1 is 1.27 bits per heavy atom. The van der Waals surface area contributed by atoms with Gasteiger partial charge in [-0.3, -0.25) is 9.59 Å². The molecule has 1 aliphatic rings. The lowest BCUT2D eigenvalue weighted by Gasteiger charge is -2.16. The summed E-state index contributed by atoms with van der Waals surface area (Å²) in [4.78, 5) is 29.6. The van der Waals surface area contributed by atoms with Crippen molar-refractivity contribution in [3.8, 4) is 0 Å². The normalized spacial score (nSPS) is 14.1. The standard InChI is InChI=1S/C18H17F2N3O2S/c19-18(20)26-17-14(3-1-9-21-17)16(25)22-11-12-5-7-13(8-6-12)23-10-2-4-15(23)24/h1,3,5-9,18H,2,4,10-11H2,(H,22,25). The minimum atomic E-state index is -2.64. The van der Waals surface area contributed by atoms with E-state index in [1.807, 2.05) is 24.3 Å². The van der Waals surface area contributed by atoms with E-state index < -0.39 is 11.7 Å². The van der Waals surface area contributed by atoms with Crippen molar-refractivity contribution in [1.29, 1.82) is 0 Å². The van der Waals surface area contributed by atoms with E-state index in [-0.39, 0.29) is 34.8 Å². The lowest BCUT2D eigenvalue weighted by molar-refractivity contribution is -0.117. The van der Waals surface area contributed by atoms with Crippen LogP contribution in [0.4, 0.5) is 14.5 Å². The second-order valence-electron chi connectivity index (χ2n) is 5.73. The molecule has 1 aliphatic heterocycles. The molecule has 0 saturated carbocycles. The van der Waals surface area contributed by atoms with E-state index in [1.54, 1.807) is 4.90 Å². The van der Waals surface area contributed by atoms with Crippen molar-refractivity contribution in [3.05, 3.63) is 53.7 Å². The van der Waals surface area contributed by atoms with Gasteiger partial charge in [0.1, 0.15) is 5.03 Å². The maximum Gasteiger partial charge on any atom is 0.290 e. The van der Waals surface area contributed by atoms with E-state index in [0.717, 1.165) is 24.2 Å². The minimum absolute atomic E-state index is 0.00268. The molecule has 0 unspecified atom stereocenters. The monoisotopic (exact) mass is 377 g/mol. The summed E-state index contributed by atoms with van der Waals surface area (Å²) < 4.78 is 25.1. The number of hydrogen-bond donors (Lipinski definition) is 1. The number of carbonyl (C=O) groups excluding carboxylic acids is 2. The van der Waals surface area contributed by atoms with Crippen LogP contribution in [0.5, 0.6) is 0 Å². The van der Waals surface area contributed by atoms with Crippen LogP contribution in [-0.2, 0) is 11.3 Å². The molecule has 2 aromatic rings. The van der Waals surface area contributed by atoms with Gasteiger partial charge in [0.05, 0.1) is 5.56 Å². The Labute approximate surface area is 153 Å². The fourth-order valence-electron chi connectivity index (χ4n) is 2.73. The second-order valence-corrected chi connectivity index (χ2v) is 6.71. The van der Waals surface area contributed by atoms with Gasteiger partial charge in [-0.15, -0.1) is 0 Å². The molecule has 1 N–H and O–H groups in total. The molecule has 0 radical (unpaired) electrons. The molecule has 3 rings (SSSR count). The number of hydrogen-bond acceptors (Lipinski definition) is 4. The predicted octanol–water partition coefficient (Wildman–Crippen LogP) is 3.45. The molecule has 2 heterocycles. The first kappa shape index (κ1) is 18.3. The molecule has 1 saturated heterocycles. The predicted molar refractivity (Wildman–Crippen MR) is 95.3 cm³/mol. The third-order valence-corrected chi connectivity index (χ3v) is 4.72. The number of amides is 2. The largest absolute Gasteiger partial charge is 0.348 e. The zero-order valence-corrected chi connectivity index (χ0v) is 14.6. The summed E-state index contributed by atoms with van der Waals surface area (Å²) in [5, 5.41) is 2.71. The minimum Gasteiger partial charge on any atom is -0.348 e. The molecule has 2 amide bonds. The topological polar surface area (TPSA) is 62.3 Å². The Bertz CT molecular complexity index is 799. The van der Waals surface area contributed by atoms with Crippen molar-refractivity contribution >= 4 is 29.3 Å². The van der Waals surface area contributed by atoms with Crippen molar-refractivity contribution in [2.75, 3.05) is 11.4 Å².